The second kappa shape index (κ2) is 7.00. The molecule has 1 amide bonds. The van der Waals surface area contributed by atoms with E-state index in [0.29, 0.717) is 19.4 Å². The van der Waals surface area contributed by atoms with Gasteiger partial charge in [-0.15, -0.1) is 13.2 Å². The van der Waals surface area contributed by atoms with Gasteiger partial charge in [-0.1, -0.05) is 12.2 Å². The lowest BCUT2D eigenvalue weighted by Crippen LogP contribution is -2.73. The van der Waals surface area contributed by atoms with Crippen molar-refractivity contribution in [3.05, 3.63) is 25.3 Å². The normalized spacial score (nSPS) is 30.1. The molecule has 0 unspecified atom stereocenters. The summed E-state index contributed by atoms with van der Waals surface area (Å²) in [6.07, 6.45) is 5.03. The Kier molecular flexibility index (Phi) is 5.31. The van der Waals surface area contributed by atoms with Crippen LogP contribution in [0.5, 0.6) is 0 Å². The van der Waals surface area contributed by atoms with E-state index in [-0.39, 0.29) is 23.8 Å². The Morgan fingerprint density at radius 3 is 2.71 bits per heavy atom. The Morgan fingerprint density at radius 2 is 2.10 bits per heavy atom. The molecule has 2 heterocycles. The van der Waals surface area contributed by atoms with Gasteiger partial charge >= 0.3 is 0 Å². The highest BCUT2D eigenvalue weighted by Crippen LogP contribution is 2.32. The highest BCUT2D eigenvalue weighted by atomic mass is 16.5. The van der Waals surface area contributed by atoms with Crippen LogP contribution in [0.4, 0.5) is 0 Å². The molecule has 0 saturated carbocycles. The first-order chi connectivity index (χ1) is 10.1. The Morgan fingerprint density at radius 1 is 1.33 bits per heavy atom. The van der Waals surface area contributed by atoms with Gasteiger partial charge in [0.15, 0.2) is 6.10 Å². The SMILES string of the molecule is C=CCCN1C(=O)[C@H](OC)[C@@H]1[C@@H]1CC(=O)CCN1CC=C. The zero-order valence-electron chi connectivity index (χ0n) is 12.7. The summed E-state index contributed by atoms with van der Waals surface area (Å²) in [6, 6.07) is -0.0247. The van der Waals surface area contributed by atoms with Crippen LogP contribution in [0.25, 0.3) is 0 Å². The topological polar surface area (TPSA) is 49.9 Å². The van der Waals surface area contributed by atoms with E-state index in [1.165, 1.54) is 0 Å². The molecule has 0 aromatic heterocycles. The van der Waals surface area contributed by atoms with Gasteiger partial charge in [0.05, 0.1) is 6.04 Å². The number of hydrogen-bond donors (Lipinski definition) is 0. The summed E-state index contributed by atoms with van der Waals surface area (Å²) in [6.45, 7) is 9.58. The molecule has 0 radical (unpaired) electrons. The fraction of sp³-hybridized carbons (Fsp3) is 0.625. The van der Waals surface area contributed by atoms with Crippen molar-refractivity contribution < 1.29 is 14.3 Å². The quantitative estimate of drug-likeness (QED) is 0.519. The number of ether oxygens (including phenoxy) is 1. The molecule has 2 fully saturated rings. The lowest BCUT2D eigenvalue weighted by Gasteiger charge is -2.53. The highest BCUT2D eigenvalue weighted by molar-refractivity contribution is 5.89. The maximum Gasteiger partial charge on any atom is 0.254 e. The zero-order valence-corrected chi connectivity index (χ0v) is 12.7. The lowest BCUT2D eigenvalue weighted by atomic mass is 9.84. The zero-order chi connectivity index (χ0) is 15.4. The number of rotatable bonds is 7. The Labute approximate surface area is 126 Å². The molecule has 0 aromatic rings. The van der Waals surface area contributed by atoms with Crippen LogP contribution in [0.1, 0.15) is 19.3 Å². The van der Waals surface area contributed by atoms with Crippen molar-refractivity contribution in [2.45, 2.75) is 37.5 Å². The third-order valence-corrected chi connectivity index (χ3v) is 4.37. The summed E-state index contributed by atoms with van der Waals surface area (Å²) in [5.74, 6) is 0.277. The summed E-state index contributed by atoms with van der Waals surface area (Å²) in [5.41, 5.74) is 0. The van der Waals surface area contributed by atoms with Crippen LogP contribution in [-0.2, 0) is 14.3 Å². The molecule has 0 aliphatic carbocycles. The van der Waals surface area contributed by atoms with E-state index in [1.54, 1.807) is 13.2 Å². The summed E-state index contributed by atoms with van der Waals surface area (Å²) in [7, 11) is 1.56. The predicted molar refractivity (Wildman–Crippen MR) is 80.9 cm³/mol. The van der Waals surface area contributed by atoms with Crippen LogP contribution < -0.4 is 0 Å². The fourth-order valence-electron chi connectivity index (χ4n) is 3.30. The minimum Gasteiger partial charge on any atom is -0.369 e. The van der Waals surface area contributed by atoms with Crippen molar-refractivity contribution in [1.29, 1.82) is 0 Å². The molecule has 3 atom stereocenters. The van der Waals surface area contributed by atoms with Crippen molar-refractivity contribution >= 4 is 11.7 Å². The minimum absolute atomic E-state index is 0.0147. The van der Waals surface area contributed by atoms with Gasteiger partial charge in [-0.2, -0.15) is 0 Å². The van der Waals surface area contributed by atoms with Crippen LogP contribution in [-0.4, -0.2) is 66.4 Å². The number of likely N-dealkylation sites (tertiary alicyclic amines) is 2. The van der Waals surface area contributed by atoms with Crippen molar-refractivity contribution in [3.63, 3.8) is 0 Å². The first-order valence-electron chi connectivity index (χ1n) is 7.44. The molecule has 21 heavy (non-hydrogen) atoms. The average Bonchev–Trinajstić information content (AvgIpc) is 2.47. The number of hydrogen-bond acceptors (Lipinski definition) is 4. The number of piperidine rings is 1. The Balaban J connectivity index is 2.16. The summed E-state index contributed by atoms with van der Waals surface area (Å²) >= 11 is 0. The average molecular weight is 292 g/mol. The number of carbonyl (C=O) groups excluding carboxylic acids is 2. The molecule has 2 rings (SSSR count). The Hall–Kier alpha value is -1.46. The van der Waals surface area contributed by atoms with Crippen LogP contribution in [0.3, 0.4) is 0 Å². The van der Waals surface area contributed by atoms with Gasteiger partial charge < -0.3 is 9.64 Å². The smallest absolute Gasteiger partial charge is 0.254 e. The largest absolute Gasteiger partial charge is 0.369 e. The first-order valence-corrected chi connectivity index (χ1v) is 7.44. The molecule has 0 spiro atoms. The van der Waals surface area contributed by atoms with Gasteiger partial charge in [-0.05, 0) is 6.42 Å². The number of amides is 1. The van der Waals surface area contributed by atoms with Crippen LogP contribution in [0, 0.1) is 0 Å². The van der Waals surface area contributed by atoms with Crippen LogP contribution >= 0.6 is 0 Å². The molecular weight excluding hydrogens is 268 g/mol. The lowest BCUT2D eigenvalue weighted by molar-refractivity contribution is -0.178. The van der Waals surface area contributed by atoms with E-state index in [1.807, 2.05) is 11.0 Å². The number of methoxy groups -OCH3 is 1. The van der Waals surface area contributed by atoms with Gasteiger partial charge in [0, 0.05) is 45.6 Å². The van der Waals surface area contributed by atoms with Crippen LogP contribution in [0.2, 0.25) is 0 Å². The molecule has 0 bridgehead atoms. The van der Waals surface area contributed by atoms with Crippen LogP contribution in [0.15, 0.2) is 25.3 Å². The van der Waals surface area contributed by atoms with Gasteiger partial charge in [-0.25, -0.2) is 0 Å². The summed E-state index contributed by atoms with van der Waals surface area (Å²) in [5, 5.41) is 0. The standard InChI is InChI=1S/C16H24N2O3/c1-4-6-9-18-14(15(21-3)16(18)20)13-11-12(19)7-10-17(13)8-5-2/h4-5,13-15H,1-2,6-11H2,3H3/t13-,14-,15+/m0/s1. The Bertz CT molecular complexity index is 435. The second-order valence-electron chi connectivity index (χ2n) is 5.60. The second-order valence-corrected chi connectivity index (χ2v) is 5.60. The van der Waals surface area contributed by atoms with E-state index < -0.39 is 6.10 Å². The van der Waals surface area contributed by atoms with Gasteiger partial charge in [0.25, 0.3) is 5.91 Å². The fourth-order valence-corrected chi connectivity index (χ4v) is 3.30. The molecular formula is C16H24N2O3. The van der Waals surface area contributed by atoms with Crippen molar-refractivity contribution in [2.24, 2.45) is 0 Å². The van der Waals surface area contributed by atoms with E-state index in [2.05, 4.69) is 18.1 Å². The van der Waals surface area contributed by atoms with Gasteiger partial charge in [-0.3, -0.25) is 14.5 Å². The van der Waals surface area contributed by atoms with E-state index in [9.17, 15) is 9.59 Å². The van der Waals surface area contributed by atoms with Crippen molar-refractivity contribution in [2.75, 3.05) is 26.7 Å². The minimum atomic E-state index is -0.432. The molecule has 116 valence electrons. The molecule has 5 nitrogen and oxygen atoms in total. The van der Waals surface area contributed by atoms with Gasteiger partial charge in [0.1, 0.15) is 5.78 Å². The molecule has 0 aromatic carbocycles. The molecule has 2 saturated heterocycles. The molecule has 5 heteroatoms. The van der Waals surface area contributed by atoms with Gasteiger partial charge in [0.2, 0.25) is 0 Å². The third kappa shape index (κ3) is 3.09. The third-order valence-electron chi connectivity index (χ3n) is 4.37. The maximum atomic E-state index is 12.1. The number of β-lactam (4-membered cyclic amide) rings is 1. The number of ketones is 1. The number of Topliss-reactive ketones (excluding diaryl/α,β-unsaturated/α-hetero) is 1. The predicted octanol–water partition coefficient (Wildman–Crippen LogP) is 1.01. The monoisotopic (exact) mass is 292 g/mol. The number of nitrogens with zero attached hydrogens (tertiary/aromatic N) is 2. The molecule has 0 N–H and O–H groups in total. The van der Waals surface area contributed by atoms with Crippen molar-refractivity contribution in [1.82, 2.24) is 9.80 Å². The summed E-state index contributed by atoms with van der Waals surface area (Å²) < 4.78 is 5.36. The highest BCUT2D eigenvalue weighted by Gasteiger charge is 2.53. The first kappa shape index (κ1) is 15.9. The summed E-state index contributed by atoms with van der Waals surface area (Å²) in [4.78, 5) is 28.1. The van der Waals surface area contributed by atoms with Crippen molar-refractivity contribution in [3.8, 4) is 0 Å². The molecule has 2 aliphatic heterocycles. The number of carbonyl (C=O) groups is 2. The molecule has 2 aliphatic rings. The van der Waals surface area contributed by atoms with E-state index >= 15 is 0 Å². The van der Waals surface area contributed by atoms with E-state index in [0.717, 1.165) is 19.5 Å². The van der Waals surface area contributed by atoms with E-state index in [4.69, 9.17) is 4.74 Å². The maximum absolute atomic E-state index is 12.1.